The minimum atomic E-state index is -0.765. The summed E-state index contributed by atoms with van der Waals surface area (Å²) in [5.41, 5.74) is -1.85. The fourth-order valence-corrected chi connectivity index (χ4v) is 3.54. The molecule has 2 saturated heterocycles. The van der Waals surface area contributed by atoms with E-state index in [-0.39, 0.29) is 29.0 Å². The van der Waals surface area contributed by atoms with Gasteiger partial charge in [-0.05, 0) is 47.5 Å². The average Bonchev–Trinajstić information content (AvgIpc) is 2.78. The zero-order chi connectivity index (χ0) is 26.1. The summed E-state index contributed by atoms with van der Waals surface area (Å²) < 4.78 is 36.8. The van der Waals surface area contributed by atoms with Gasteiger partial charge in [0.15, 0.2) is 12.1 Å². The summed E-state index contributed by atoms with van der Waals surface area (Å²) in [6, 6.07) is 0. The van der Waals surface area contributed by atoms with Crippen LogP contribution in [0.2, 0.25) is 0 Å². The molecule has 200 valence electrons. The largest absolute Gasteiger partial charge is 0.465 e. The number of esters is 1. The molecule has 7 heteroatoms. The normalized spacial score (nSPS) is 29.3. The van der Waals surface area contributed by atoms with Crippen molar-refractivity contribution in [2.24, 2.45) is 21.7 Å². The predicted molar refractivity (Wildman–Crippen MR) is 131 cm³/mol. The van der Waals surface area contributed by atoms with Crippen LogP contribution in [0.4, 0.5) is 0 Å². The first-order valence-electron chi connectivity index (χ1n) is 12.8. The molecule has 2 aliphatic rings. The van der Waals surface area contributed by atoms with E-state index in [4.69, 9.17) is 28.4 Å². The van der Waals surface area contributed by atoms with E-state index in [9.17, 15) is 4.79 Å². The number of carbonyl (C=O) groups is 1. The average molecular weight is 487 g/mol. The van der Waals surface area contributed by atoms with Gasteiger partial charge >= 0.3 is 5.97 Å². The van der Waals surface area contributed by atoms with Crippen LogP contribution in [-0.4, -0.2) is 63.3 Å². The predicted octanol–water partition coefficient (Wildman–Crippen LogP) is 5.35. The smallest absolute Gasteiger partial charge is 0.311 e. The second kappa shape index (κ2) is 10.3. The third kappa shape index (κ3) is 6.73. The Morgan fingerprint density at radius 1 is 0.853 bits per heavy atom. The van der Waals surface area contributed by atoms with Gasteiger partial charge < -0.3 is 28.4 Å². The minimum absolute atomic E-state index is 0.184. The van der Waals surface area contributed by atoms with Gasteiger partial charge in [-0.25, -0.2) is 0 Å². The quantitative estimate of drug-likeness (QED) is 0.386. The molecule has 0 aliphatic carbocycles. The molecule has 1 spiro atoms. The van der Waals surface area contributed by atoms with Crippen LogP contribution < -0.4 is 0 Å². The van der Waals surface area contributed by atoms with Crippen LogP contribution in [-0.2, 0) is 33.2 Å². The molecule has 7 nitrogen and oxygen atoms in total. The summed E-state index contributed by atoms with van der Waals surface area (Å²) in [5, 5.41) is 0. The molecule has 2 aliphatic heterocycles. The molecule has 2 fully saturated rings. The second-order valence-electron chi connectivity index (χ2n) is 13.1. The fraction of sp³-hybridized carbons (Fsp3) is 0.963. The molecular formula is C27H50O7. The Hall–Kier alpha value is -0.730. The zero-order valence-corrected chi connectivity index (χ0v) is 23.6. The van der Waals surface area contributed by atoms with E-state index in [1.165, 1.54) is 0 Å². The zero-order valence-electron chi connectivity index (χ0n) is 23.6. The number of hydrogen-bond acceptors (Lipinski definition) is 7. The van der Waals surface area contributed by atoms with E-state index in [1.807, 2.05) is 41.5 Å². The minimum Gasteiger partial charge on any atom is -0.465 e. The molecule has 2 rings (SSSR count). The van der Waals surface area contributed by atoms with Crippen molar-refractivity contribution in [1.82, 2.24) is 0 Å². The van der Waals surface area contributed by atoms with Crippen LogP contribution in [0.25, 0.3) is 0 Å². The lowest BCUT2D eigenvalue weighted by Crippen LogP contribution is -2.61. The molecular weight excluding hydrogens is 436 g/mol. The molecule has 0 N–H and O–H groups in total. The van der Waals surface area contributed by atoms with Crippen molar-refractivity contribution in [3.63, 3.8) is 0 Å². The highest BCUT2D eigenvalue weighted by Crippen LogP contribution is 2.44. The Labute approximate surface area is 207 Å². The highest BCUT2D eigenvalue weighted by molar-refractivity contribution is 5.75. The second-order valence-corrected chi connectivity index (χ2v) is 13.1. The van der Waals surface area contributed by atoms with Crippen molar-refractivity contribution < 1.29 is 33.2 Å². The molecule has 0 radical (unpaired) electrons. The van der Waals surface area contributed by atoms with Crippen molar-refractivity contribution in [2.75, 3.05) is 39.6 Å². The van der Waals surface area contributed by atoms with E-state index in [0.29, 0.717) is 33.0 Å². The Morgan fingerprint density at radius 3 is 1.85 bits per heavy atom. The van der Waals surface area contributed by atoms with E-state index in [2.05, 4.69) is 34.6 Å². The Kier molecular flexibility index (Phi) is 8.96. The van der Waals surface area contributed by atoms with Crippen molar-refractivity contribution in [3.05, 3.63) is 0 Å². The Morgan fingerprint density at radius 2 is 1.38 bits per heavy atom. The van der Waals surface area contributed by atoms with Gasteiger partial charge in [-0.3, -0.25) is 4.79 Å². The molecule has 0 unspecified atom stereocenters. The van der Waals surface area contributed by atoms with Crippen molar-refractivity contribution >= 4 is 5.97 Å². The topological polar surface area (TPSA) is 72.5 Å². The molecule has 34 heavy (non-hydrogen) atoms. The first-order valence-corrected chi connectivity index (χ1v) is 12.8. The van der Waals surface area contributed by atoms with Crippen molar-refractivity contribution in [1.29, 1.82) is 0 Å². The molecule has 0 bridgehead atoms. The highest BCUT2D eigenvalue weighted by Gasteiger charge is 2.53. The van der Waals surface area contributed by atoms with Crippen LogP contribution in [0.15, 0.2) is 0 Å². The first kappa shape index (κ1) is 29.5. The van der Waals surface area contributed by atoms with Gasteiger partial charge in [0.25, 0.3) is 0 Å². The van der Waals surface area contributed by atoms with Crippen LogP contribution >= 0.6 is 0 Å². The lowest BCUT2D eigenvalue weighted by molar-refractivity contribution is -0.377. The van der Waals surface area contributed by atoms with E-state index in [0.717, 1.165) is 12.8 Å². The summed E-state index contributed by atoms with van der Waals surface area (Å²) in [5.74, 6) is -0.962. The van der Waals surface area contributed by atoms with Gasteiger partial charge in [0, 0.05) is 10.8 Å². The molecule has 0 atom stereocenters. The fourth-order valence-electron chi connectivity index (χ4n) is 3.54. The Balaban J connectivity index is 1.90. The monoisotopic (exact) mass is 486 g/mol. The van der Waals surface area contributed by atoms with E-state index < -0.39 is 22.9 Å². The summed E-state index contributed by atoms with van der Waals surface area (Å²) >= 11 is 0. The highest BCUT2D eigenvalue weighted by atomic mass is 16.7. The van der Waals surface area contributed by atoms with E-state index in [1.54, 1.807) is 0 Å². The third-order valence-electron chi connectivity index (χ3n) is 7.94. The number of hydrogen-bond donors (Lipinski definition) is 0. The van der Waals surface area contributed by atoms with Gasteiger partial charge in [-0.1, -0.05) is 41.5 Å². The Bertz CT molecular complexity index is 677. The molecule has 2 heterocycles. The van der Waals surface area contributed by atoms with E-state index >= 15 is 0 Å². The van der Waals surface area contributed by atoms with Gasteiger partial charge in [0.05, 0.1) is 49.5 Å². The van der Waals surface area contributed by atoms with Crippen LogP contribution in [0.3, 0.4) is 0 Å². The summed E-state index contributed by atoms with van der Waals surface area (Å²) in [6.07, 6.45) is 1.19. The maximum atomic E-state index is 12.4. The van der Waals surface area contributed by atoms with Gasteiger partial charge in [-0.2, -0.15) is 0 Å². The van der Waals surface area contributed by atoms with Crippen LogP contribution in [0.5, 0.6) is 0 Å². The number of ether oxygens (including phenoxy) is 6. The SMILES string of the molecule is CCC(C)(C)OCC(C)(C)C1(C)OCC2(COC(C(C)(C)COC(=O)C(C)(C)CC)OC2)CO1. The van der Waals surface area contributed by atoms with Crippen molar-refractivity contribution in [2.45, 2.75) is 107 Å². The first-order chi connectivity index (χ1) is 15.4. The van der Waals surface area contributed by atoms with Crippen molar-refractivity contribution in [3.8, 4) is 0 Å². The van der Waals surface area contributed by atoms with Gasteiger partial charge in [0.1, 0.15) is 6.61 Å². The molecule has 0 amide bonds. The summed E-state index contributed by atoms with van der Waals surface area (Å²) in [7, 11) is 0. The maximum absolute atomic E-state index is 12.4. The number of carbonyl (C=O) groups excluding carboxylic acids is 1. The lowest BCUT2D eigenvalue weighted by Gasteiger charge is -2.53. The standard InChI is InChI=1S/C27H50O7/c1-12-22(3,4)20(28)29-14-23(5,6)21-30-16-27(17-31-21)18-33-26(11,34-19-27)24(7,8)15-32-25(9,10)13-2/h21H,12-19H2,1-11H3. The van der Waals surface area contributed by atoms with Gasteiger partial charge in [-0.15, -0.1) is 0 Å². The maximum Gasteiger partial charge on any atom is 0.311 e. The summed E-state index contributed by atoms with van der Waals surface area (Å²) in [6.45, 7) is 25.0. The van der Waals surface area contributed by atoms with Crippen LogP contribution in [0.1, 0.15) is 89.0 Å². The van der Waals surface area contributed by atoms with Crippen LogP contribution in [0, 0.1) is 21.7 Å². The molecule has 0 aromatic carbocycles. The molecule has 0 aromatic heterocycles. The van der Waals surface area contributed by atoms with Gasteiger partial charge in [0.2, 0.25) is 0 Å². The third-order valence-corrected chi connectivity index (χ3v) is 7.94. The number of rotatable bonds is 10. The lowest BCUT2D eigenvalue weighted by atomic mass is 9.81. The molecule has 0 aromatic rings. The summed E-state index contributed by atoms with van der Waals surface area (Å²) in [4.78, 5) is 12.4. The molecule has 0 saturated carbocycles.